The maximum Gasteiger partial charge on any atom is 0.180 e. The summed E-state index contributed by atoms with van der Waals surface area (Å²) in [6.45, 7) is 0. The van der Waals surface area contributed by atoms with Gasteiger partial charge in [-0.1, -0.05) is 0 Å². The van der Waals surface area contributed by atoms with Gasteiger partial charge in [-0.3, -0.25) is 0 Å². The van der Waals surface area contributed by atoms with E-state index in [2.05, 4.69) is 0 Å². The van der Waals surface area contributed by atoms with E-state index in [9.17, 15) is 12.8 Å². The number of sulfone groups is 1. The summed E-state index contributed by atoms with van der Waals surface area (Å²) in [6.07, 6.45) is 0.413. The number of halogens is 1. The molecule has 86 valence electrons. The fourth-order valence-electron chi connectivity index (χ4n) is 1.25. The first-order valence-corrected chi connectivity index (χ1v) is 6.27. The summed E-state index contributed by atoms with van der Waals surface area (Å²) in [5.41, 5.74) is 5.33. The number of hydrogen-bond donors (Lipinski definition) is 1. The molecule has 0 aliphatic carbocycles. The Morgan fingerprint density at radius 2 is 2.12 bits per heavy atom. The second-order valence-corrected chi connectivity index (χ2v) is 5.34. The number of benzene rings is 1. The average Bonchev–Trinajstić information content (AvgIpc) is 2.17. The summed E-state index contributed by atoms with van der Waals surface area (Å²) >= 11 is 0. The van der Waals surface area contributed by atoms with E-state index in [-0.39, 0.29) is 29.2 Å². The number of hydrogen-bond acceptors (Lipinski definition) is 4. The SMILES string of the molecule is N#CCCCS(=O)(=O)c1ccc(F)cc1N. The summed E-state index contributed by atoms with van der Waals surface area (Å²) in [5, 5.41) is 8.31. The quantitative estimate of drug-likeness (QED) is 0.492. The van der Waals surface area contributed by atoms with Crippen molar-refractivity contribution in [2.45, 2.75) is 17.7 Å². The predicted octanol–water partition coefficient (Wildman–Crippen LogP) is 1.49. The molecule has 1 aromatic rings. The second-order valence-electron chi connectivity index (χ2n) is 3.26. The van der Waals surface area contributed by atoms with Crippen LogP contribution in [-0.4, -0.2) is 14.2 Å². The molecule has 0 spiro atoms. The lowest BCUT2D eigenvalue weighted by Crippen LogP contribution is -2.09. The molecule has 0 atom stereocenters. The molecule has 6 heteroatoms. The van der Waals surface area contributed by atoms with Gasteiger partial charge in [0.2, 0.25) is 0 Å². The van der Waals surface area contributed by atoms with Crippen molar-refractivity contribution in [1.29, 1.82) is 5.26 Å². The van der Waals surface area contributed by atoms with Crippen LogP contribution < -0.4 is 5.73 Å². The van der Waals surface area contributed by atoms with Crippen LogP contribution in [0, 0.1) is 17.1 Å². The zero-order valence-corrected chi connectivity index (χ0v) is 9.30. The van der Waals surface area contributed by atoms with Crippen LogP contribution in [0.15, 0.2) is 23.1 Å². The van der Waals surface area contributed by atoms with Crippen molar-refractivity contribution in [2.75, 3.05) is 11.5 Å². The number of anilines is 1. The number of rotatable bonds is 4. The van der Waals surface area contributed by atoms with Gasteiger partial charge in [0.1, 0.15) is 5.82 Å². The van der Waals surface area contributed by atoms with Gasteiger partial charge < -0.3 is 5.73 Å². The van der Waals surface area contributed by atoms with Gasteiger partial charge in [-0.2, -0.15) is 5.26 Å². The molecule has 2 N–H and O–H groups in total. The predicted molar refractivity (Wildman–Crippen MR) is 57.7 cm³/mol. The highest BCUT2D eigenvalue weighted by atomic mass is 32.2. The van der Waals surface area contributed by atoms with Crippen molar-refractivity contribution < 1.29 is 12.8 Å². The maximum absolute atomic E-state index is 12.7. The van der Waals surface area contributed by atoms with E-state index in [0.29, 0.717) is 0 Å². The summed E-state index contributed by atoms with van der Waals surface area (Å²) in [6, 6.07) is 5.02. The second kappa shape index (κ2) is 4.94. The Kier molecular flexibility index (Phi) is 3.85. The summed E-state index contributed by atoms with van der Waals surface area (Å²) in [5.74, 6) is -0.732. The fraction of sp³-hybridized carbons (Fsp3) is 0.300. The molecule has 16 heavy (non-hydrogen) atoms. The van der Waals surface area contributed by atoms with Gasteiger partial charge >= 0.3 is 0 Å². The van der Waals surface area contributed by atoms with E-state index < -0.39 is 15.7 Å². The smallest absolute Gasteiger partial charge is 0.180 e. The highest BCUT2D eigenvalue weighted by Crippen LogP contribution is 2.21. The van der Waals surface area contributed by atoms with Gasteiger partial charge in [-0.05, 0) is 24.6 Å². The third-order valence-corrected chi connectivity index (χ3v) is 3.88. The minimum Gasteiger partial charge on any atom is -0.398 e. The minimum atomic E-state index is -3.52. The molecule has 0 bridgehead atoms. The fourth-order valence-corrected chi connectivity index (χ4v) is 2.69. The lowest BCUT2D eigenvalue weighted by atomic mass is 10.3. The molecule has 1 rings (SSSR count). The molecular formula is C10H11FN2O2S. The molecule has 4 nitrogen and oxygen atoms in total. The molecule has 0 saturated heterocycles. The average molecular weight is 242 g/mol. The molecule has 0 aliphatic heterocycles. The number of nitrogens with zero attached hydrogens (tertiary/aromatic N) is 1. The van der Waals surface area contributed by atoms with E-state index in [1.165, 1.54) is 0 Å². The topological polar surface area (TPSA) is 84.0 Å². The van der Waals surface area contributed by atoms with Crippen molar-refractivity contribution in [3.8, 4) is 6.07 Å². The Balaban J connectivity index is 2.95. The Morgan fingerprint density at radius 1 is 1.44 bits per heavy atom. The molecule has 0 heterocycles. The molecular weight excluding hydrogens is 231 g/mol. The van der Waals surface area contributed by atoms with Crippen molar-refractivity contribution in [1.82, 2.24) is 0 Å². The van der Waals surface area contributed by atoms with Gasteiger partial charge in [0.15, 0.2) is 9.84 Å². The summed E-state index contributed by atoms with van der Waals surface area (Å²) in [4.78, 5) is -0.0770. The van der Waals surface area contributed by atoms with Gasteiger partial charge in [-0.15, -0.1) is 0 Å². The van der Waals surface area contributed by atoms with E-state index in [4.69, 9.17) is 11.0 Å². The zero-order valence-electron chi connectivity index (χ0n) is 8.48. The van der Waals surface area contributed by atoms with Crippen molar-refractivity contribution in [3.05, 3.63) is 24.0 Å². The first-order chi connectivity index (χ1) is 7.47. The Morgan fingerprint density at radius 3 is 2.69 bits per heavy atom. The first kappa shape index (κ1) is 12.5. The Bertz CT molecular complexity index is 520. The van der Waals surface area contributed by atoms with Crippen LogP contribution in [0.25, 0.3) is 0 Å². The molecule has 0 aromatic heterocycles. The Labute approximate surface area is 93.4 Å². The van der Waals surface area contributed by atoms with Crippen LogP contribution in [0.3, 0.4) is 0 Å². The molecule has 0 aliphatic rings. The third-order valence-electron chi connectivity index (χ3n) is 2.01. The van der Waals surface area contributed by atoms with Crippen molar-refractivity contribution in [3.63, 3.8) is 0 Å². The third kappa shape index (κ3) is 2.94. The molecule has 0 unspecified atom stereocenters. The Hall–Kier alpha value is -1.61. The summed E-state index contributed by atoms with van der Waals surface area (Å²) < 4.78 is 36.2. The normalized spacial score (nSPS) is 11.0. The molecule has 1 aromatic carbocycles. The van der Waals surface area contributed by atoms with Crippen LogP contribution in [0.1, 0.15) is 12.8 Å². The monoisotopic (exact) mass is 242 g/mol. The van der Waals surface area contributed by atoms with Gasteiger partial charge in [0.25, 0.3) is 0 Å². The van der Waals surface area contributed by atoms with E-state index in [1.807, 2.05) is 6.07 Å². The van der Waals surface area contributed by atoms with Crippen LogP contribution in [0.5, 0.6) is 0 Å². The van der Waals surface area contributed by atoms with Crippen LogP contribution in [-0.2, 0) is 9.84 Å². The van der Waals surface area contributed by atoms with E-state index >= 15 is 0 Å². The highest BCUT2D eigenvalue weighted by molar-refractivity contribution is 7.91. The summed E-state index contributed by atoms with van der Waals surface area (Å²) in [7, 11) is -3.52. The van der Waals surface area contributed by atoms with Crippen molar-refractivity contribution in [2.24, 2.45) is 0 Å². The number of nitrogen functional groups attached to an aromatic ring is 1. The lowest BCUT2D eigenvalue weighted by Gasteiger charge is -2.06. The van der Waals surface area contributed by atoms with Gasteiger partial charge in [0.05, 0.1) is 22.4 Å². The molecule has 0 radical (unpaired) electrons. The van der Waals surface area contributed by atoms with Gasteiger partial charge in [-0.25, -0.2) is 12.8 Å². The zero-order chi connectivity index (χ0) is 12.2. The van der Waals surface area contributed by atoms with E-state index in [0.717, 1.165) is 18.2 Å². The van der Waals surface area contributed by atoms with Crippen molar-refractivity contribution >= 4 is 15.5 Å². The molecule has 0 fully saturated rings. The standard InChI is InChI=1S/C10H11FN2O2S/c11-8-3-4-10(9(13)7-8)16(14,15)6-2-1-5-12/h3-4,7H,1-2,6,13H2. The van der Waals surface area contributed by atoms with Crippen LogP contribution in [0.2, 0.25) is 0 Å². The number of nitriles is 1. The van der Waals surface area contributed by atoms with Gasteiger partial charge in [0, 0.05) is 6.42 Å². The number of unbranched alkanes of at least 4 members (excludes halogenated alkanes) is 1. The van der Waals surface area contributed by atoms with E-state index in [1.54, 1.807) is 0 Å². The van der Waals surface area contributed by atoms with Crippen LogP contribution >= 0.6 is 0 Å². The number of nitrogens with two attached hydrogens (primary N) is 1. The minimum absolute atomic E-state index is 0.0770. The first-order valence-electron chi connectivity index (χ1n) is 4.62. The lowest BCUT2D eigenvalue weighted by molar-refractivity contribution is 0.593. The molecule has 0 amide bonds. The van der Waals surface area contributed by atoms with Crippen LogP contribution in [0.4, 0.5) is 10.1 Å². The maximum atomic E-state index is 12.7. The molecule has 0 saturated carbocycles. The highest BCUT2D eigenvalue weighted by Gasteiger charge is 2.17. The largest absolute Gasteiger partial charge is 0.398 e.